The fraction of sp³-hybridized carbons (Fsp3) is 0.0833. The maximum Gasteiger partial charge on any atom is 0.167 e. The van der Waals surface area contributed by atoms with Crippen LogP contribution in [0.1, 0.15) is 5.56 Å². The maximum atomic E-state index is 9.94. The number of ether oxygens (including phenoxy) is 1. The Morgan fingerprint density at radius 1 is 1.50 bits per heavy atom. The average molecular weight is 216 g/mol. The molecule has 0 amide bonds. The summed E-state index contributed by atoms with van der Waals surface area (Å²) in [5, 5.41) is 9.94. The number of hydrogen-bond donors (Lipinski definition) is 1. The number of benzene rings is 1. The van der Waals surface area contributed by atoms with Crippen LogP contribution >= 0.6 is 0 Å². The zero-order valence-electron chi connectivity index (χ0n) is 8.92. The Morgan fingerprint density at radius 3 is 2.94 bits per heavy atom. The van der Waals surface area contributed by atoms with Crippen molar-refractivity contribution < 1.29 is 9.84 Å². The Bertz CT molecular complexity index is 504. The summed E-state index contributed by atoms with van der Waals surface area (Å²) >= 11 is 0. The van der Waals surface area contributed by atoms with E-state index in [-0.39, 0.29) is 5.75 Å². The van der Waals surface area contributed by atoms with Crippen LogP contribution in [0.15, 0.2) is 43.5 Å². The molecule has 1 aromatic heterocycles. The Morgan fingerprint density at radius 2 is 2.31 bits per heavy atom. The number of nitrogens with zero attached hydrogens (tertiary/aromatic N) is 2. The molecule has 0 saturated heterocycles. The standard InChI is InChI=1S/C12H12N2O2/c1-9(14-7-6-13-8-14)10-4-3-5-11(16-2)12(10)15/h3-8,15H,1H2,2H3. The monoisotopic (exact) mass is 216 g/mol. The minimum Gasteiger partial charge on any atom is -0.504 e. The van der Waals surface area contributed by atoms with Crippen LogP contribution < -0.4 is 4.74 Å². The Hall–Kier alpha value is -2.23. The molecule has 82 valence electrons. The third kappa shape index (κ3) is 1.65. The van der Waals surface area contributed by atoms with Gasteiger partial charge in [-0.25, -0.2) is 4.98 Å². The van der Waals surface area contributed by atoms with Crippen molar-refractivity contribution in [3.05, 3.63) is 49.1 Å². The van der Waals surface area contributed by atoms with Crippen molar-refractivity contribution in [2.24, 2.45) is 0 Å². The summed E-state index contributed by atoms with van der Waals surface area (Å²) in [6, 6.07) is 5.27. The van der Waals surface area contributed by atoms with Crippen LogP contribution in [0.2, 0.25) is 0 Å². The second-order valence-corrected chi connectivity index (χ2v) is 3.27. The number of rotatable bonds is 3. The quantitative estimate of drug-likeness (QED) is 0.854. The number of phenols is 1. The van der Waals surface area contributed by atoms with Crippen molar-refractivity contribution in [2.75, 3.05) is 7.11 Å². The van der Waals surface area contributed by atoms with Gasteiger partial charge in [-0.05, 0) is 12.1 Å². The zero-order valence-corrected chi connectivity index (χ0v) is 8.92. The molecule has 1 N–H and O–H groups in total. The lowest BCUT2D eigenvalue weighted by molar-refractivity contribution is 0.372. The van der Waals surface area contributed by atoms with Crippen LogP contribution in [0.25, 0.3) is 5.70 Å². The average Bonchev–Trinajstić information content (AvgIpc) is 2.82. The number of aromatic hydroxyl groups is 1. The number of para-hydroxylation sites is 1. The van der Waals surface area contributed by atoms with Crippen LogP contribution in [0, 0.1) is 0 Å². The summed E-state index contributed by atoms with van der Waals surface area (Å²) in [6.07, 6.45) is 5.05. The molecule has 0 aliphatic carbocycles. The second kappa shape index (κ2) is 4.10. The summed E-state index contributed by atoms with van der Waals surface area (Å²) in [6.45, 7) is 3.91. The van der Waals surface area contributed by atoms with Gasteiger partial charge in [0.15, 0.2) is 11.5 Å². The molecule has 1 aromatic carbocycles. The lowest BCUT2D eigenvalue weighted by atomic mass is 10.1. The van der Waals surface area contributed by atoms with Crippen molar-refractivity contribution in [3.8, 4) is 11.5 Å². The molecule has 0 unspecified atom stereocenters. The van der Waals surface area contributed by atoms with Gasteiger partial charge >= 0.3 is 0 Å². The highest BCUT2D eigenvalue weighted by atomic mass is 16.5. The summed E-state index contributed by atoms with van der Waals surface area (Å²) in [4.78, 5) is 3.93. The highest BCUT2D eigenvalue weighted by Gasteiger charge is 2.10. The van der Waals surface area contributed by atoms with Gasteiger partial charge in [0.25, 0.3) is 0 Å². The largest absolute Gasteiger partial charge is 0.504 e. The summed E-state index contributed by atoms with van der Waals surface area (Å²) < 4.78 is 6.77. The molecule has 2 aromatic rings. The first kappa shape index (κ1) is 10.3. The van der Waals surface area contributed by atoms with Gasteiger partial charge in [0.05, 0.1) is 19.1 Å². The van der Waals surface area contributed by atoms with Crippen molar-refractivity contribution in [2.45, 2.75) is 0 Å². The molecule has 2 rings (SSSR count). The minimum absolute atomic E-state index is 0.0868. The van der Waals surface area contributed by atoms with E-state index in [9.17, 15) is 5.11 Å². The van der Waals surface area contributed by atoms with E-state index in [1.807, 2.05) is 0 Å². The van der Waals surface area contributed by atoms with Gasteiger partial charge in [-0.15, -0.1) is 0 Å². The molecular weight excluding hydrogens is 204 g/mol. The Kier molecular flexibility index (Phi) is 2.64. The molecule has 0 spiro atoms. The molecule has 0 bridgehead atoms. The molecule has 0 aliphatic heterocycles. The molecule has 0 aliphatic rings. The van der Waals surface area contributed by atoms with E-state index in [0.29, 0.717) is 17.0 Å². The number of imidazole rings is 1. The smallest absolute Gasteiger partial charge is 0.167 e. The van der Waals surface area contributed by atoms with Crippen LogP contribution in [-0.4, -0.2) is 21.8 Å². The lowest BCUT2D eigenvalue weighted by Crippen LogP contribution is -1.96. The van der Waals surface area contributed by atoms with E-state index in [1.54, 1.807) is 41.5 Å². The third-order valence-electron chi connectivity index (χ3n) is 2.35. The fourth-order valence-corrected chi connectivity index (χ4v) is 1.48. The predicted octanol–water partition coefficient (Wildman–Crippen LogP) is 2.12. The van der Waals surface area contributed by atoms with Gasteiger partial charge in [-0.2, -0.15) is 0 Å². The molecule has 0 fully saturated rings. The fourth-order valence-electron chi connectivity index (χ4n) is 1.48. The van der Waals surface area contributed by atoms with Gasteiger partial charge in [0.1, 0.15) is 0 Å². The van der Waals surface area contributed by atoms with Crippen LogP contribution in [0.4, 0.5) is 0 Å². The molecule has 1 heterocycles. The van der Waals surface area contributed by atoms with Gasteiger partial charge in [0.2, 0.25) is 0 Å². The lowest BCUT2D eigenvalue weighted by Gasteiger charge is -2.11. The highest BCUT2D eigenvalue weighted by Crippen LogP contribution is 2.33. The van der Waals surface area contributed by atoms with Crippen LogP contribution in [0.5, 0.6) is 11.5 Å². The second-order valence-electron chi connectivity index (χ2n) is 3.27. The predicted molar refractivity (Wildman–Crippen MR) is 61.3 cm³/mol. The summed E-state index contributed by atoms with van der Waals surface area (Å²) in [5.41, 5.74) is 1.27. The molecule has 4 heteroatoms. The minimum atomic E-state index is 0.0868. The first-order chi connectivity index (χ1) is 7.74. The number of phenolic OH excluding ortho intramolecular Hbond substituents is 1. The first-order valence-corrected chi connectivity index (χ1v) is 4.77. The van der Waals surface area contributed by atoms with E-state index in [2.05, 4.69) is 11.6 Å². The number of hydrogen-bond acceptors (Lipinski definition) is 3. The SMILES string of the molecule is C=C(c1cccc(OC)c1O)n1ccnc1. The van der Waals surface area contributed by atoms with Gasteiger partial charge < -0.3 is 14.4 Å². The molecule has 0 atom stereocenters. The van der Waals surface area contributed by atoms with E-state index < -0.39 is 0 Å². The van der Waals surface area contributed by atoms with E-state index in [4.69, 9.17) is 4.74 Å². The van der Waals surface area contributed by atoms with Gasteiger partial charge in [0, 0.05) is 18.0 Å². The first-order valence-electron chi connectivity index (χ1n) is 4.77. The molecule has 0 radical (unpaired) electrons. The van der Waals surface area contributed by atoms with Crippen molar-refractivity contribution in [1.82, 2.24) is 9.55 Å². The highest BCUT2D eigenvalue weighted by molar-refractivity contribution is 5.71. The van der Waals surface area contributed by atoms with E-state index >= 15 is 0 Å². The Labute approximate surface area is 93.4 Å². The summed E-state index contributed by atoms with van der Waals surface area (Å²) in [7, 11) is 1.51. The van der Waals surface area contributed by atoms with Crippen molar-refractivity contribution >= 4 is 5.70 Å². The topological polar surface area (TPSA) is 47.3 Å². The molecular formula is C12H12N2O2. The molecule has 0 saturated carbocycles. The van der Waals surface area contributed by atoms with Crippen LogP contribution in [0.3, 0.4) is 0 Å². The molecule has 4 nitrogen and oxygen atoms in total. The zero-order chi connectivity index (χ0) is 11.5. The van der Waals surface area contributed by atoms with E-state index in [1.165, 1.54) is 7.11 Å². The van der Waals surface area contributed by atoms with Gasteiger partial charge in [-0.1, -0.05) is 12.6 Å². The number of methoxy groups -OCH3 is 1. The normalized spacial score (nSPS) is 10.1. The molecule has 16 heavy (non-hydrogen) atoms. The van der Waals surface area contributed by atoms with Gasteiger partial charge in [-0.3, -0.25) is 0 Å². The van der Waals surface area contributed by atoms with E-state index in [0.717, 1.165) is 0 Å². The third-order valence-corrected chi connectivity index (χ3v) is 2.35. The number of aromatic nitrogens is 2. The Balaban J connectivity index is 2.45. The maximum absolute atomic E-state index is 9.94. The van der Waals surface area contributed by atoms with Crippen LogP contribution in [-0.2, 0) is 0 Å². The van der Waals surface area contributed by atoms with Crippen molar-refractivity contribution in [3.63, 3.8) is 0 Å². The van der Waals surface area contributed by atoms with Crippen molar-refractivity contribution in [1.29, 1.82) is 0 Å². The summed E-state index contributed by atoms with van der Waals surface area (Å²) in [5.74, 6) is 0.516.